The summed E-state index contributed by atoms with van der Waals surface area (Å²) in [7, 11) is 0. The summed E-state index contributed by atoms with van der Waals surface area (Å²) >= 11 is 0. The van der Waals surface area contributed by atoms with E-state index in [1.54, 1.807) is 12.1 Å². The van der Waals surface area contributed by atoms with Crippen LogP contribution < -0.4 is 0 Å². The zero-order chi connectivity index (χ0) is 18.6. The van der Waals surface area contributed by atoms with Crippen LogP contribution in [-0.4, -0.2) is 0 Å². The maximum Gasteiger partial charge on any atom is 0.416 e. The van der Waals surface area contributed by atoms with Crippen molar-refractivity contribution in [1.29, 1.82) is 0 Å². The quantitative estimate of drug-likeness (QED) is 0.472. The molecule has 0 heterocycles. The third-order valence-electron chi connectivity index (χ3n) is 6.37. The van der Waals surface area contributed by atoms with Gasteiger partial charge < -0.3 is 0 Å². The van der Waals surface area contributed by atoms with Crippen molar-refractivity contribution in [2.75, 3.05) is 0 Å². The second-order valence-corrected chi connectivity index (χ2v) is 7.99. The fraction of sp³-hybridized carbons (Fsp3) is 0.565. The van der Waals surface area contributed by atoms with E-state index in [4.69, 9.17) is 0 Å². The zero-order valence-corrected chi connectivity index (χ0v) is 15.4. The van der Waals surface area contributed by atoms with Gasteiger partial charge in [-0.25, -0.2) is 0 Å². The lowest BCUT2D eigenvalue weighted by molar-refractivity contribution is -0.137. The maximum absolute atomic E-state index is 12.7. The predicted molar refractivity (Wildman–Crippen MR) is 102 cm³/mol. The minimum atomic E-state index is -4.25. The van der Waals surface area contributed by atoms with E-state index in [0.29, 0.717) is 0 Å². The second kappa shape index (κ2) is 8.45. The Morgan fingerprint density at radius 2 is 1.65 bits per heavy atom. The Morgan fingerprint density at radius 3 is 2.19 bits per heavy atom. The van der Waals surface area contributed by atoms with Gasteiger partial charge in [-0.05, 0) is 86.0 Å². The number of rotatable bonds is 5. The Morgan fingerprint density at radius 1 is 0.962 bits per heavy atom. The van der Waals surface area contributed by atoms with Gasteiger partial charge in [-0.1, -0.05) is 37.1 Å². The molecule has 0 N–H and O–H groups in total. The normalized spacial score (nSPS) is 27.0. The van der Waals surface area contributed by atoms with E-state index in [1.807, 2.05) is 6.08 Å². The summed E-state index contributed by atoms with van der Waals surface area (Å²) in [6.07, 6.45) is 11.1. The Bertz CT molecular complexity index is 616. The lowest BCUT2D eigenvalue weighted by Gasteiger charge is -2.35. The van der Waals surface area contributed by atoms with Gasteiger partial charge >= 0.3 is 6.18 Å². The summed E-state index contributed by atoms with van der Waals surface area (Å²) in [4.78, 5) is 0. The van der Waals surface area contributed by atoms with Crippen LogP contribution in [0.2, 0.25) is 0 Å². The number of allylic oxidation sites excluding steroid dienone is 3. The Hall–Kier alpha value is -1.51. The topological polar surface area (TPSA) is 0 Å². The molecule has 0 aliphatic heterocycles. The summed E-state index contributed by atoms with van der Waals surface area (Å²) < 4.78 is 38.1. The molecule has 1 aromatic carbocycles. The summed E-state index contributed by atoms with van der Waals surface area (Å²) in [6, 6.07) is 5.65. The van der Waals surface area contributed by atoms with Crippen LogP contribution in [0.3, 0.4) is 0 Å². The minimum absolute atomic E-state index is 0.566. The van der Waals surface area contributed by atoms with Crippen molar-refractivity contribution in [3.63, 3.8) is 0 Å². The van der Waals surface area contributed by atoms with Crippen LogP contribution in [0.1, 0.15) is 68.9 Å². The molecule has 26 heavy (non-hydrogen) atoms. The monoisotopic (exact) mass is 362 g/mol. The van der Waals surface area contributed by atoms with Crippen LogP contribution in [0.4, 0.5) is 13.2 Å². The number of hydrogen-bond donors (Lipinski definition) is 0. The third-order valence-corrected chi connectivity index (χ3v) is 6.37. The van der Waals surface area contributed by atoms with Crippen LogP contribution >= 0.6 is 0 Å². The van der Waals surface area contributed by atoms with Crippen molar-refractivity contribution >= 4 is 5.57 Å². The molecule has 0 amide bonds. The van der Waals surface area contributed by atoms with Gasteiger partial charge in [0.05, 0.1) is 5.56 Å². The molecule has 1 fully saturated rings. The van der Waals surface area contributed by atoms with E-state index in [1.165, 1.54) is 56.2 Å². The molecule has 0 aromatic heterocycles. The van der Waals surface area contributed by atoms with Gasteiger partial charge in [-0.15, -0.1) is 6.58 Å². The van der Waals surface area contributed by atoms with Gasteiger partial charge in [-0.2, -0.15) is 13.2 Å². The smallest absolute Gasteiger partial charge is 0.166 e. The molecule has 2 aliphatic carbocycles. The molecule has 0 nitrogen and oxygen atoms in total. The van der Waals surface area contributed by atoms with E-state index in [9.17, 15) is 13.2 Å². The van der Waals surface area contributed by atoms with Gasteiger partial charge in [0.15, 0.2) is 0 Å². The molecule has 0 radical (unpaired) electrons. The summed E-state index contributed by atoms with van der Waals surface area (Å²) in [5.41, 5.74) is 1.60. The van der Waals surface area contributed by atoms with E-state index >= 15 is 0 Å². The van der Waals surface area contributed by atoms with Crippen molar-refractivity contribution in [2.45, 2.75) is 64.0 Å². The molecule has 1 aromatic rings. The first-order chi connectivity index (χ1) is 12.5. The van der Waals surface area contributed by atoms with Crippen LogP contribution in [0, 0.1) is 17.8 Å². The van der Waals surface area contributed by atoms with E-state index < -0.39 is 11.7 Å². The molecule has 1 unspecified atom stereocenters. The lowest BCUT2D eigenvalue weighted by Crippen LogP contribution is -2.23. The van der Waals surface area contributed by atoms with E-state index in [2.05, 4.69) is 12.7 Å². The van der Waals surface area contributed by atoms with Crippen LogP contribution in [0.5, 0.6) is 0 Å². The predicted octanol–water partition coefficient (Wildman–Crippen LogP) is 7.66. The molecule has 142 valence electrons. The molecule has 0 saturated heterocycles. The highest BCUT2D eigenvalue weighted by atomic mass is 19.4. The van der Waals surface area contributed by atoms with Gasteiger partial charge in [-0.3, -0.25) is 0 Å². The average molecular weight is 362 g/mol. The van der Waals surface area contributed by atoms with Gasteiger partial charge in [0.25, 0.3) is 0 Å². The SMILES string of the molecule is C=CCCC1CCC(C2CC=C(c3ccc(C(F)(F)F)cc3)CC2)CC1. The van der Waals surface area contributed by atoms with Crippen molar-refractivity contribution in [3.05, 3.63) is 54.1 Å². The lowest BCUT2D eigenvalue weighted by atomic mass is 9.70. The van der Waals surface area contributed by atoms with Crippen LogP contribution in [0.25, 0.3) is 5.57 Å². The van der Waals surface area contributed by atoms with Crippen molar-refractivity contribution < 1.29 is 13.2 Å². The van der Waals surface area contributed by atoms with Gasteiger partial charge in [0.2, 0.25) is 0 Å². The summed E-state index contributed by atoms with van der Waals surface area (Å²) in [5.74, 6) is 2.47. The molecule has 1 atom stereocenters. The Kier molecular flexibility index (Phi) is 6.26. The first kappa shape index (κ1) is 19.3. The first-order valence-corrected chi connectivity index (χ1v) is 9.95. The van der Waals surface area contributed by atoms with Crippen molar-refractivity contribution in [3.8, 4) is 0 Å². The highest BCUT2D eigenvalue weighted by Crippen LogP contribution is 2.42. The first-order valence-electron chi connectivity index (χ1n) is 9.95. The molecule has 3 heteroatoms. The maximum atomic E-state index is 12.7. The second-order valence-electron chi connectivity index (χ2n) is 7.99. The fourth-order valence-electron chi connectivity index (χ4n) is 4.72. The van der Waals surface area contributed by atoms with Crippen molar-refractivity contribution in [1.82, 2.24) is 0 Å². The van der Waals surface area contributed by atoms with Crippen LogP contribution in [-0.2, 0) is 6.18 Å². The minimum Gasteiger partial charge on any atom is -0.166 e. The summed E-state index contributed by atoms with van der Waals surface area (Å²) in [5, 5.41) is 0. The molecular formula is C23H29F3. The number of alkyl halides is 3. The molecule has 3 rings (SSSR count). The van der Waals surface area contributed by atoms with Crippen LogP contribution in [0.15, 0.2) is 43.0 Å². The van der Waals surface area contributed by atoms with Gasteiger partial charge in [0.1, 0.15) is 0 Å². The Labute approximate surface area is 155 Å². The molecule has 0 bridgehead atoms. The zero-order valence-electron chi connectivity index (χ0n) is 15.4. The average Bonchev–Trinajstić information content (AvgIpc) is 2.66. The number of benzene rings is 1. The largest absolute Gasteiger partial charge is 0.416 e. The number of hydrogen-bond acceptors (Lipinski definition) is 0. The number of halogens is 3. The fourth-order valence-corrected chi connectivity index (χ4v) is 4.72. The summed E-state index contributed by atoms with van der Waals surface area (Å²) in [6.45, 7) is 3.82. The highest BCUT2D eigenvalue weighted by Gasteiger charge is 2.31. The standard InChI is InChI=1S/C23H29F3/c1-2-3-4-17-5-7-18(8-6-17)19-9-11-20(12-10-19)21-13-15-22(16-14-21)23(24,25)26/h2,11,13-19H,1,3-10,12H2. The van der Waals surface area contributed by atoms with E-state index in [0.717, 1.165) is 42.6 Å². The molecule has 0 spiro atoms. The highest BCUT2D eigenvalue weighted by molar-refractivity contribution is 5.66. The van der Waals surface area contributed by atoms with Crippen molar-refractivity contribution in [2.24, 2.45) is 17.8 Å². The molecule has 1 saturated carbocycles. The van der Waals surface area contributed by atoms with Gasteiger partial charge in [0, 0.05) is 0 Å². The Balaban J connectivity index is 1.53. The molecular weight excluding hydrogens is 333 g/mol. The molecule has 2 aliphatic rings. The van der Waals surface area contributed by atoms with E-state index in [-0.39, 0.29) is 0 Å². The third kappa shape index (κ3) is 4.81.